The summed E-state index contributed by atoms with van der Waals surface area (Å²) >= 11 is 3.48. The van der Waals surface area contributed by atoms with Gasteiger partial charge in [-0.3, -0.25) is 0 Å². The first-order chi connectivity index (χ1) is 12.8. The van der Waals surface area contributed by atoms with Crippen LogP contribution < -0.4 is 0 Å². The van der Waals surface area contributed by atoms with Crippen molar-refractivity contribution in [1.82, 2.24) is 14.5 Å². The fraction of sp³-hybridized carbons (Fsp3) is 0.182. The van der Waals surface area contributed by atoms with E-state index in [1.165, 1.54) is 11.1 Å². The second kappa shape index (κ2) is 7.83. The first-order valence-corrected chi connectivity index (χ1v) is 9.66. The second-order valence-electron chi connectivity index (χ2n) is 6.49. The predicted octanol–water partition coefficient (Wildman–Crippen LogP) is 5.37. The van der Waals surface area contributed by atoms with Gasteiger partial charge in [-0.25, -0.2) is 9.97 Å². The summed E-state index contributed by atoms with van der Waals surface area (Å²) in [5.74, 6) is 0.942. The molecular weight excluding hydrogens is 386 g/mol. The maximum atomic E-state index is 4.72. The molecule has 0 spiro atoms. The van der Waals surface area contributed by atoms with Gasteiger partial charge in [0.25, 0.3) is 0 Å². The van der Waals surface area contributed by atoms with Gasteiger partial charge in [0.2, 0.25) is 0 Å². The van der Waals surface area contributed by atoms with Gasteiger partial charge in [0.05, 0.1) is 5.69 Å². The second-order valence-corrected chi connectivity index (χ2v) is 7.41. The Balaban J connectivity index is 1.42. The molecule has 0 unspecified atom stereocenters. The number of halogens is 1. The van der Waals surface area contributed by atoms with E-state index in [2.05, 4.69) is 98.5 Å². The Labute approximate surface area is 162 Å². The van der Waals surface area contributed by atoms with Crippen LogP contribution in [0.5, 0.6) is 0 Å². The summed E-state index contributed by atoms with van der Waals surface area (Å²) in [7, 11) is 0. The summed E-state index contributed by atoms with van der Waals surface area (Å²) in [6.07, 6.45) is 7.21. The molecule has 0 saturated carbocycles. The number of hydrogen-bond donors (Lipinski definition) is 0. The molecule has 0 aliphatic carbocycles. The van der Waals surface area contributed by atoms with Gasteiger partial charge in [-0.15, -0.1) is 0 Å². The topological polar surface area (TPSA) is 30.7 Å². The zero-order valence-corrected chi connectivity index (χ0v) is 16.1. The molecule has 4 rings (SSSR count). The zero-order chi connectivity index (χ0) is 17.8. The van der Waals surface area contributed by atoms with Gasteiger partial charge in [0.1, 0.15) is 11.5 Å². The first-order valence-electron chi connectivity index (χ1n) is 8.87. The molecule has 0 radical (unpaired) electrons. The highest BCUT2D eigenvalue weighted by Gasteiger charge is 2.11. The molecule has 0 fully saturated rings. The fourth-order valence-corrected chi connectivity index (χ4v) is 3.37. The smallest absolute Gasteiger partial charge is 0.129 e. The van der Waals surface area contributed by atoms with E-state index >= 15 is 0 Å². The number of pyridine rings is 1. The Bertz CT molecular complexity index is 945. The van der Waals surface area contributed by atoms with Crippen LogP contribution in [0.3, 0.4) is 0 Å². The molecule has 3 nitrogen and oxygen atoms in total. The number of benzene rings is 2. The molecule has 0 aromatic heterocycles. The molecule has 2 aliphatic heterocycles. The van der Waals surface area contributed by atoms with Gasteiger partial charge in [-0.1, -0.05) is 58.4 Å². The number of hydrogen-bond acceptors (Lipinski definition) is 2. The molecule has 0 saturated heterocycles. The van der Waals surface area contributed by atoms with E-state index in [0.717, 1.165) is 47.5 Å². The van der Waals surface area contributed by atoms with E-state index in [0.29, 0.717) is 0 Å². The summed E-state index contributed by atoms with van der Waals surface area (Å²) < 4.78 is 3.26. The molecule has 130 valence electrons. The van der Waals surface area contributed by atoms with Crippen molar-refractivity contribution in [3.8, 4) is 11.4 Å². The van der Waals surface area contributed by atoms with Crippen LogP contribution in [0.4, 0.5) is 0 Å². The largest absolute Gasteiger partial charge is 0.348 e. The highest BCUT2D eigenvalue weighted by atomic mass is 79.9. The Hall–Kier alpha value is -2.46. The molecule has 2 heterocycles. The molecule has 4 heteroatoms. The van der Waals surface area contributed by atoms with Crippen molar-refractivity contribution in [3.63, 3.8) is 0 Å². The van der Waals surface area contributed by atoms with Gasteiger partial charge in [0.15, 0.2) is 0 Å². The molecule has 2 aromatic carbocycles. The van der Waals surface area contributed by atoms with E-state index < -0.39 is 0 Å². The molecular formula is C22H20BrN3. The van der Waals surface area contributed by atoms with Crippen molar-refractivity contribution >= 4 is 15.9 Å². The van der Waals surface area contributed by atoms with Crippen LogP contribution in [0.25, 0.3) is 11.4 Å². The SMILES string of the molecule is Brc1ccc(Cn2ccc3nc(CCCc4ccccc4)nc-3c2)cc1. The summed E-state index contributed by atoms with van der Waals surface area (Å²) in [6, 6.07) is 21.0. The molecule has 26 heavy (non-hydrogen) atoms. The number of imidazole rings is 1. The average molecular weight is 406 g/mol. The van der Waals surface area contributed by atoms with E-state index in [1.807, 2.05) is 0 Å². The monoisotopic (exact) mass is 405 g/mol. The van der Waals surface area contributed by atoms with Gasteiger partial charge in [-0.2, -0.15) is 0 Å². The fourth-order valence-electron chi connectivity index (χ4n) is 3.11. The molecule has 0 N–H and O–H groups in total. The van der Waals surface area contributed by atoms with Crippen LogP contribution in [0, 0.1) is 0 Å². The maximum absolute atomic E-state index is 4.72. The van der Waals surface area contributed by atoms with Crippen LogP contribution in [-0.4, -0.2) is 14.5 Å². The van der Waals surface area contributed by atoms with E-state index in [-0.39, 0.29) is 0 Å². The van der Waals surface area contributed by atoms with E-state index in [4.69, 9.17) is 4.98 Å². The third kappa shape index (κ3) is 4.20. The summed E-state index contributed by atoms with van der Waals surface area (Å²) in [5, 5.41) is 0. The number of aromatic nitrogens is 3. The van der Waals surface area contributed by atoms with Gasteiger partial charge >= 0.3 is 0 Å². The molecule has 0 bridgehead atoms. The standard InChI is InChI=1S/C22H20BrN3/c23-19-11-9-18(10-12-19)15-26-14-13-20-21(16-26)25-22(24-20)8-4-7-17-5-2-1-3-6-17/h1-3,5-6,9-14,16H,4,7-8,15H2. The van der Waals surface area contributed by atoms with Crippen LogP contribution in [0.2, 0.25) is 0 Å². The lowest BCUT2D eigenvalue weighted by Crippen LogP contribution is -2.00. The highest BCUT2D eigenvalue weighted by molar-refractivity contribution is 9.10. The summed E-state index contributed by atoms with van der Waals surface area (Å²) in [5.41, 5.74) is 4.59. The first kappa shape index (κ1) is 17.0. The predicted molar refractivity (Wildman–Crippen MR) is 108 cm³/mol. The van der Waals surface area contributed by atoms with E-state index in [9.17, 15) is 0 Å². The highest BCUT2D eigenvalue weighted by Crippen LogP contribution is 2.20. The molecule has 0 atom stereocenters. The van der Waals surface area contributed by atoms with Crippen molar-refractivity contribution in [2.24, 2.45) is 0 Å². The Morgan fingerprint density at radius 3 is 2.35 bits per heavy atom. The Morgan fingerprint density at radius 2 is 1.54 bits per heavy atom. The van der Waals surface area contributed by atoms with Crippen LogP contribution in [-0.2, 0) is 19.4 Å². The number of fused-ring (bicyclic) bond motifs is 1. The minimum absolute atomic E-state index is 0.833. The number of nitrogens with zero attached hydrogens (tertiary/aromatic N) is 3. The minimum Gasteiger partial charge on any atom is -0.348 e. The van der Waals surface area contributed by atoms with E-state index in [1.54, 1.807) is 0 Å². The van der Waals surface area contributed by atoms with Gasteiger partial charge < -0.3 is 4.57 Å². The summed E-state index contributed by atoms with van der Waals surface area (Å²) in [4.78, 5) is 9.39. The lowest BCUT2D eigenvalue weighted by Gasteiger charge is -2.08. The minimum atomic E-state index is 0.833. The summed E-state index contributed by atoms with van der Waals surface area (Å²) in [6.45, 7) is 0.833. The molecule has 2 aromatic rings. The normalized spacial score (nSPS) is 11.1. The van der Waals surface area contributed by atoms with Crippen molar-refractivity contribution in [1.29, 1.82) is 0 Å². The lowest BCUT2D eigenvalue weighted by molar-refractivity contribution is 0.782. The third-order valence-electron chi connectivity index (χ3n) is 4.46. The maximum Gasteiger partial charge on any atom is 0.129 e. The van der Waals surface area contributed by atoms with Crippen molar-refractivity contribution in [2.45, 2.75) is 25.8 Å². The van der Waals surface area contributed by atoms with Gasteiger partial charge in [-0.05, 0) is 42.2 Å². The number of rotatable bonds is 6. The van der Waals surface area contributed by atoms with Crippen LogP contribution in [0.15, 0.2) is 77.5 Å². The third-order valence-corrected chi connectivity index (χ3v) is 4.99. The zero-order valence-electron chi connectivity index (χ0n) is 14.5. The Morgan fingerprint density at radius 1 is 0.769 bits per heavy atom. The quantitative estimate of drug-likeness (QED) is 0.431. The molecule has 2 aliphatic rings. The Kier molecular flexibility index (Phi) is 5.12. The lowest BCUT2D eigenvalue weighted by atomic mass is 10.1. The van der Waals surface area contributed by atoms with Gasteiger partial charge in [0, 0.05) is 29.8 Å². The van der Waals surface area contributed by atoms with Crippen molar-refractivity contribution < 1.29 is 0 Å². The number of aryl methyl sites for hydroxylation is 2. The molecule has 0 amide bonds. The average Bonchev–Trinajstić information content (AvgIpc) is 3.06. The van der Waals surface area contributed by atoms with Crippen molar-refractivity contribution in [3.05, 3.63) is 94.5 Å². The van der Waals surface area contributed by atoms with Crippen molar-refractivity contribution in [2.75, 3.05) is 0 Å². The van der Waals surface area contributed by atoms with Crippen LogP contribution >= 0.6 is 15.9 Å². The van der Waals surface area contributed by atoms with Crippen LogP contribution in [0.1, 0.15) is 23.4 Å².